The minimum absolute atomic E-state index is 0.0187. The van der Waals surface area contributed by atoms with E-state index in [-0.39, 0.29) is 61.6 Å². The van der Waals surface area contributed by atoms with Crippen molar-refractivity contribution in [3.8, 4) is 0 Å². The minimum atomic E-state index is -1.25. The molecule has 69 heavy (non-hydrogen) atoms. The number of rotatable bonds is 17. The van der Waals surface area contributed by atoms with Crippen molar-refractivity contribution in [1.82, 2.24) is 29.9 Å². The molecule has 4 heterocycles. The standard InChI is InChI=1S/C48H49F5N12O4/c1-28-37(8-4-10-39(28)60-45-54-26-56-47(62-45)64-20-16-31(17-21-64)68-24-30-6-3-7-35(50)43(30)52)58-41(66)14-15-42(67)59-38-9-5-11-40(29(38)2)61-46-55-27-57-48(63-46)65-22-18-32(19-23-65)69-25-33-34(49)12-13-36(51)44(33)53/h3-13,26-27,31-32H,14-25H2,1-2H3,(H,58,66)(H,59,67)(H,54,56,60,62)(H,55,57,61,63). The third-order valence-electron chi connectivity index (χ3n) is 12.0. The first kappa shape index (κ1) is 48.1. The number of amides is 2. The summed E-state index contributed by atoms with van der Waals surface area (Å²) in [4.78, 5) is 56.6. The summed E-state index contributed by atoms with van der Waals surface area (Å²) in [5, 5.41) is 12.2. The zero-order valence-electron chi connectivity index (χ0n) is 37.7. The Labute approximate surface area is 394 Å². The molecule has 16 nitrogen and oxygen atoms in total. The fourth-order valence-electron chi connectivity index (χ4n) is 7.92. The van der Waals surface area contributed by atoms with Crippen molar-refractivity contribution in [3.63, 3.8) is 0 Å². The molecule has 0 radical (unpaired) electrons. The summed E-state index contributed by atoms with van der Waals surface area (Å²) in [6.07, 6.45) is 4.54. The third kappa shape index (κ3) is 12.2. The van der Waals surface area contributed by atoms with Gasteiger partial charge in [0.2, 0.25) is 35.6 Å². The molecule has 2 aliphatic heterocycles. The molecule has 6 aromatic rings. The average molecular weight is 953 g/mol. The van der Waals surface area contributed by atoms with Gasteiger partial charge in [0.15, 0.2) is 23.3 Å². The molecular weight excluding hydrogens is 904 g/mol. The number of anilines is 8. The first-order valence-electron chi connectivity index (χ1n) is 22.4. The number of piperidine rings is 2. The molecule has 360 valence electrons. The van der Waals surface area contributed by atoms with E-state index >= 15 is 0 Å². The molecule has 4 N–H and O–H groups in total. The quantitative estimate of drug-likeness (QED) is 0.0504. The number of nitrogens with one attached hydrogen (secondary N) is 4. The molecule has 0 aliphatic carbocycles. The third-order valence-corrected chi connectivity index (χ3v) is 12.0. The number of carbonyl (C=O) groups excluding carboxylic acids is 2. The average Bonchev–Trinajstić information content (AvgIpc) is 3.35. The summed E-state index contributed by atoms with van der Waals surface area (Å²) in [5.41, 5.74) is 3.53. The molecule has 8 rings (SSSR count). The number of nitrogens with zero attached hydrogens (tertiary/aromatic N) is 8. The van der Waals surface area contributed by atoms with E-state index in [1.807, 2.05) is 35.8 Å². The van der Waals surface area contributed by atoms with Gasteiger partial charge in [0, 0.05) is 67.3 Å². The van der Waals surface area contributed by atoms with Gasteiger partial charge in [-0.1, -0.05) is 24.3 Å². The van der Waals surface area contributed by atoms with Crippen LogP contribution >= 0.6 is 0 Å². The second kappa shape index (κ2) is 22.1. The summed E-state index contributed by atoms with van der Waals surface area (Å²) < 4.78 is 81.0. The van der Waals surface area contributed by atoms with Gasteiger partial charge in [-0.15, -0.1) is 0 Å². The molecule has 2 fully saturated rings. The molecule has 0 unspecified atom stereocenters. The summed E-state index contributed by atoms with van der Waals surface area (Å²) in [5.74, 6) is -4.29. The first-order chi connectivity index (χ1) is 33.4. The molecule has 2 aliphatic rings. The van der Waals surface area contributed by atoms with Crippen LogP contribution in [0.5, 0.6) is 0 Å². The van der Waals surface area contributed by atoms with E-state index < -0.39 is 34.6 Å². The number of benzene rings is 4. The highest BCUT2D eigenvalue weighted by atomic mass is 19.2. The Morgan fingerprint density at radius 1 is 0.565 bits per heavy atom. The van der Waals surface area contributed by atoms with Gasteiger partial charge in [0.05, 0.1) is 31.0 Å². The summed E-state index contributed by atoms with van der Waals surface area (Å²) in [6.45, 7) is 5.44. The monoisotopic (exact) mass is 952 g/mol. The smallest absolute Gasteiger partial charge is 0.232 e. The second-order valence-electron chi connectivity index (χ2n) is 16.6. The molecule has 0 saturated carbocycles. The van der Waals surface area contributed by atoms with Crippen molar-refractivity contribution in [3.05, 3.63) is 131 Å². The van der Waals surface area contributed by atoms with Gasteiger partial charge in [-0.2, -0.15) is 9.97 Å². The molecule has 2 saturated heterocycles. The molecule has 21 heteroatoms. The van der Waals surface area contributed by atoms with Crippen LogP contribution in [0.2, 0.25) is 0 Å². The van der Waals surface area contributed by atoms with E-state index in [0.29, 0.717) is 98.0 Å². The Bertz CT molecular complexity index is 2790. The van der Waals surface area contributed by atoms with E-state index in [2.05, 4.69) is 51.2 Å². The van der Waals surface area contributed by atoms with Gasteiger partial charge in [-0.3, -0.25) is 9.59 Å². The van der Waals surface area contributed by atoms with Gasteiger partial charge in [-0.25, -0.2) is 41.9 Å². The highest BCUT2D eigenvalue weighted by molar-refractivity contribution is 5.98. The maximum Gasteiger partial charge on any atom is 0.232 e. The van der Waals surface area contributed by atoms with Gasteiger partial charge >= 0.3 is 0 Å². The topological polar surface area (TPSA) is 185 Å². The van der Waals surface area contributed by atoms with Gasteiger partial charge in [0.1, 0.15) is 18.5 Å². The van der Waals surface area contributed by atoms with Crippen LogP contribution in [0, 0.1) is 42.9 Å². The van der Waals surface area contributed by atoms with Crippen molar-refractivity contribution in [1.29, 1.82) is 0 Å². The van der Waals surface area contributed by atoms with Crippen LogP contribution < -0.4 is 31.1 Å². The van der Waals surface area contributed by atoms with Crippen molar-refractivity contribution in [2.24, 2.45) is 0 Å². The molecular formula is C48H49F5N12O4. The number of ether oxygens (including phenoxy) is 2. The number of hydrogen-bond acceptors (Lipinski definition) is 14. The number of carbonyl (C=O) groups is 2. The lowest BCUT2D eigenvalue weighted by molar-refractivity contribution is -0.121. The van der Waals surface area contributed by atoms with Crippen LogP contribution in [-0.2, 0) is 32.3 Å². The zero-order chi connectivity index (χ0) is 48.4. The first-order valence-corrected chi connectivity index (χ1v) is 22.4. The van der Waals surface area contributed by atoms with E-state index in [4.69, 9.17) is 9.47 Å². The molecule has 2 amide bonds. The van der Waals surface area contributed by atoms with Gasteiger partial charge < -0.3 is 40.5 Å². The van der Waals surface area contributed by atoms with Crippen LogP contribution in [0.1, 0.15) is 60.8 Å². The van der Waals surface area contributed by atoms with E-state index in [0.717, 1.165) is 23.8 Å². The maximum atomic E-state index is 14.1. The predicted octanol–water partition coefficient (Wildman–Crippen LogP) is 8.58. The van der Waals surface area contributed by atoms with Crippen LogP contribution in [0.15, 0.2) is 79.4 Å². The van der Waals surface area contributed by atoms with Crippen molar-refractivity contribution in [2.45, 2.75) is 77.8 Å². The van der Waals surface area contributed by atoms with Gasteiger partial charge in [0.25, 0.3) is 0 Å². The fraction of sp³-hybridized carbons (Fsp3) is 0.333. The Morgan fingerprint density at radius 2 is 1.01 bits per heavy atom. The molecule has 4 aromatic carbocycles. The van der Waals surface area contributed by atoms with Crippen LogP contribution in [-0.4, -0.2) is 80.1 Å². The highest BCUT2D eigenvalue weighted by Crippen LogP contribution is 2.29. The van der Waals surface area contributed by atoms with E-state index in [1.54, 1.807) is 24.3 Å². The Kier molecular flexibility index (Phi) is 15.4. The van der Waals surface area contributed by atoms with Crippen molar-refractivity contribution < 1.29 is 41.0 Å². The zero-order valence-corrected chi connectivity index (χ0v) is 37.7. The highest BCUT2D eigenvalue weighted by Gasteiger charge is 2.25. The van der Waals surface area contributed by atoms with E-state index in [1.165, 1.54) is 24.8 Å². The largest absolute Gasteiger partial charge is 0.373 e. The maximum absolute atomic E-state index is 14.1. The lowest BCUT2D eigenvalue weighted by atomic mass is 10.1. The number of aromatic nitrogens is 6. The minimum Gasteiger partial charge on any atom is -0.373 e. The summed E-state index contributed by atoms with van der Waals surface area (Å²) in [6, 6.07) is 16.3. The van der Waals surface area contributed by atoms with E-state index in [9.17, 15) is 31.5 Å². The normalized spacial score (nSPS) is 14.4. The van der Waals surface area contributed by atoms with Crippen molar-refractivity contribution >= 4 is 58.4 Å². The van der Waals surface area contributed by atoms with Crippen molar-refractivity contribution in [2.75, 3.05) is 57.2 Å². The molecule has 2 aromatic heterocycles. The number of halogens is 5. The predicted molar refractivity (Wildman–Crippen MR) is 248 cm³/mol. The summed E-state index contributed by atoms with van der Waals surface area (Å²) in [7, 11) is 0. The Hall–Kier alpha value is -7.39. The second-order valence-corrected chi connectivity index (χ2v) is 16.6. The Morgan fingerprint density at radius 3 is 1.54 bits per heavy atom. The number of hydrogen-bond donors (Lipinski definition) is 4. The SMILES string of the molecule is Cc1c(NC(=O)CCC(=O)Nc2cccc(Nc3ncnc(N4CCC(OCc5c(F)ccc(F)c5F)CC4)n3)c2C)cccc1Nc1ncnc(N2CCC(OCc3cccc(F)c3F)CC2)n1. The van der Waals surface area contributed by atoms with Crippen LogP contribution in [0.3, 0.4) is 0 Å². The van der Waals surface area contributed by atoms with Gasteiger partial charge in [-0.05, 0) is 93.1 Å². The van der Waals surface area contributed by atoms with Crippen LogP contribution in [0.25, 0.3) is 0 Å². The Balaban J connectivity index is 0.782. The summed E-state index contributed by atoms with van der Waals surface area (Å²) >= 11 is 0. The lowest BCUT2D eigenvalue weighted by Gasteiger charge is -2.32. The molecule has 0 atom stereocenters. The molecule has 0 bridgehead atoms. The lowest BCUT2D eigenvalue weighted by Crippen LogP contribution is -2.38. The fourth-order valence-corrected chi connectivity index (χ4v) is 7.92. The van der Waals surface area contributed by atoms with Crippen LogP contribution in [0.4, 0.5) is 68.5 Å². The molecule has 0 spiro atoms.